The van der Waals surface area contributed by atoms with E-state index in [1.54, 1.807) is 60.7 Å². The zero-order valence-corrected chi connectivity index (χ0v) is 14.7. The lowest BCUT2D eigenvalue weighted by molar-refractivity contribution is -0.160. The largest absolute Gasteiger partial charge is 0.383 e. The molecule has 1 unspecified atom stereocenters. The third kappa shape index (κ3) is 5.70. The van der Waals surface area contributed by atoms with Crippen molar-refractivity contribution in [1.82, 2.24) is 10.6 Å². The Kier molecular flexibility index (Phi) is 6.76. The molecule has 2 aromatic rings. The van der Waals surface area contributed by atoms with E-state index >= 15 is 0 Å². The van der Waals surface area contributed by atoms with Crippen LogP contribution in [0, 0.1) is 0 Å². The Morgan fingerprint density at radius 2 is 1.44 bits per heavy atom. The van der Waals surface area contributed by atoms with Gasteiger partial charge in [-0.1, -0.05) is 60.7 Å². The van der Waals surface area contributed by atoms with Gasteiger partial charge in [0, 0.05) is 19.9 Å². The van der Waals surface area contributed by atoms with Gasteiger partial charge in [0.05, 0.1) is 6.04 Å². The predicted octanol–water partition coefficient (Wildman–Crippen LogP) is 2.25. The van der Waals surface area contributed by atoms with E-state index in [0.29, 0.717) is 11.1 Å². The van der Waals surface area contributed by atoms with E-state index in [9.17, 15) is 23.2 Å². The highest BCUT2D eigenvalue weighted by molar-refractivity contribution is 6.10. The summed E-state index contributed by atoms with van der Waals surface area (Å²) in [5.41, 5.74) is 1.21. The highest BCUT2D eigenvalue weighted by atomic mass is 19.3. The van der Waals surface area contributed by atoms with Gasteiger partial charge in [0.1, 0.15) is 0 Å². The first-order valence-electron chi connectivity index (χ1n) is 8.36. The first kappa shape index (κ1) is 20.2. The summed E-state index contributed by atoms with van der Waals surface area (Å²) < 4.78 is 28.8. The van der Waals surface area contributed by atoms with E-state index in [2.05, 4.69) is 10.6 Å². The van der Waals surface area contributed by atoms with Crippen molar-refractivity contribution in [3.05, 3.63) is 71.8 Å². The lowest BCUT2D eigenvalue weighted by Crippen LogP contribution is -2.55. The van der Waals surface area contributed by atoms with Crippen molar-refractivity contribution < 1.29 is 23.2 Å². The molecule has 1 atom stereocenters. The van der Waals surface area contributed by atoms with E-state index in [0.717, 1.165) is 6.92 Å². The van der Waals surface area contributed by atoms with Crippen molar-refractivity contribution in [1.29, 1.82) is 0 Å². The number of amides is 2. The summed E-state index contributed by atoms with van der Waals surface area (Å²) in [6, 6.07) is 15.4. The lowest BCUT2D eigenvalue weighted by Gasteiger charge is -2.22. The number of Topliss-reactive ketones (excluding diaryl/α,β-unsaturated/α-hetero) is 1. The van der Waals surface area contributed by atoms with Crippen molar-refractivity contribution >= 4 is 17.6 Å². The number of benzene rings is 2. The third-order valence-corrected chi connectivity index (χ3v) is 3.87. The number of halogens is 2. The number of hydrogen-bond donors (Lipinski definition) is 2. The van der Waals surface area contributed by atoms with E-state index in [-0.39, 0.29) is 13.0 Å². The number of hydrogen-bond acceptors (Lipinski definition) is 3. The second kappa shape index (κ2) is 9.02. The molecule has 0 fully saturated rings. The van der Waals surface area contributed by atoms with Gasteiger partial charge in [-0.05, 0) is 11.1 Å². The minimum atomic E-state index is -4.27. The predicted molar refractivity (Wildman–Crippen MR) is 96.0 cm³/mol. The highest BCUT2D eigenvalue weighted by Gasteiger charge is 2.50. The second-order valence-electron chi connectivity index (χ2n) is 6.05. The number of rotatable bonds is 8. The van der Waals surface area contributed by atoms with Crippen molar-refractivity contribution in [2.75, 3.05) is 0 Å². The molecule has 0 saturated carbocycles. The minimum Gasteiger partial charge on any atom is -0.346 e. The molecule has 5 nitrogen and oxygen atoms in total. The molecule has 0 aliphatic heterocycles. The molecular formula is C20H20F2N2O3. The van der Waals surface area contributed by atoms with Crippen molar-refractivity contribution in [2.24, 2.45) is 0 Å². The van der Waals surface area contributed by atoms with E-state index in [1.165, 1.54) is 0 Å². The van der Waals surface area contributed by atoms with Gasteiger partial charge in [-0.15, -0.1) is 0 Å². The van der Waals surface area contributed by atoms with Gasteiger partial charge >= 0.3 is 5.92 Å². The molecule has 142 valence electrons. The average molecular weight is 374 g/mol. The Morgan fingerprint density at radius 1 is 0.926 bits per heavy atom. The number of carbonyl (C=O) groups is 3. The summed E-state index contributed by atoms with van der Waals surface area (Å²) in [5, 5.41) is 4.28. The Morgan fingerprint density at radius 3 is 1.96 bits per heavy atom. The molecule has 0 spiro atoms. The first-order valence-corrected chi connectivity index (χ1v) is 8.36. The van der Waals surface area contributed by atoms with E-state index in [1.807, 2.05) is 0 Å². The van der Waals surface area contributed by atoms with Crippen LogP contribution in [0.3, 0.4) is 0 Å². The summed E-state index contributed by atoms with van der Waals surface area (Å²) >= 11 is 0. The Labute approximate surface area is 155 Å². The Hall–Kier alpha value is -3.09. The van der Waals surface area contributed by atoms with Gasteiger partial charge in [-0.25, -0.2) is 0 Å². The summed E-state index contributed by atoms with van der Waals surface area (Å²) in [6.07, 6.45) is -0.138. The fourth-order valence-corrected chi connectivity index (χ4v) is 2.52. The van der Waals surface area contributed by atoms with Crippen LogP contribution in [0.2, 0.25) is 0 Å². The maximum Gasteiger partial charge on any atom is 0.383 e. The normalized spacial score (nSPS) is 12.1. The van der Waals surface area contributed by atoms with Gasteiger partial charge in [0.15, 0.2) is 0 Å². The molecule has 2 amide bonds. The van der Waals surface area contributed by atoms with Crippen LogP contribution in [-0.2, 0) is 27.3 Å². The van der Waals surface area contributed by atoms with E-state index in [4.69, 9.17) is 0 Å². The van der Waals surface area contributed by atoms with Gasteiger partial charge in [0.2, 0.25) is 11.7 Å². The fraction of sp³-hybridized carbons (Fsp3) is 0.250. The van der Waals surface area contributed by atoms with Gasteiger partial charge in [-0.3, -0.25) is 14.4 Å². The molecule has 0 aliphatic carbocycles. The zero-order valence-electron chi connectivity index (χ0n) is 14.7. The molecule has 0 aliphatic rings. The zero-order chi connectivity index (χ0) is 19.9. The topological polar surface area (TPSA) is 75.3 Å². The van der Waals surface area contributed by atoms with Crippen molar-refractivity contribution in [2.45, 2.75) is 31.9 Å². The fourth-order valence-electron chi connectivity index (χ4n) is 2.52. The van der Waals surface area contributed by atoms with Gasteiger partial charge in [0.25, 0.3) is 5.91 Å². The molecule has 2 aromatic carbocycles. The molecule has 0 saturated heterocycles. The monoisotopic (exact) mass is 374 g/mol. The van der Waals surface area contributed by atoms with Crippen LogP contribution in [0.4, 0.5) is 8.78 Å². The van der Waals surface area contributed by atoms with Crippen molar-refractivity contribution in [3.8, 4) is 0 Å². The quantitative estimate of drug-likeness (QED) is 0.696. The maximum absolute atomic E-state index is 14.4. The van der Waals surface area contributed by atoms with Crippen LogP contribution in [0.25, 0.3) is 0 Å². The molecular weight excluding hydrogens is 354 g/mol. The number of nitrogens with one attached hydrogen (secondary N) is 2. The first-order chi connectivity index (χ1) is 12.8. The molecule has 2 rings (SSSR count). The lowest BCUT2D eigenvalue weighted by atomic mass is 9.98. The Bertz CT molecular complexity index is 795. The van der Waals surface area contributed by atoms with E-state index < -0.39 is 29.6 Å². The standard InChI is InChI=1S/C20H20F2N2O3/c1-14(25)24-17(12-15-8-4-2-5-9-15)18(26)20(21,22)19(27)23-13-16-10-6-3-7-11-16/h2-11,17H,12-13H2,1H3,(H,23,27)(H,24,25). The van der Waals surface area contributed by atoms with Crippen LogP contribution in [0.5, 0.6) is 0 Å². The van der Waals surface area contributed by atoms with Crippen LogP contribution >= 0.6 is 0 Å². The minimum absolute atomic E-state index is 0.133. The second-order valence-corrected chi connectivity index (χ2v) is 6.05. The SMILES string of the molecule is CC(=O)NC(Cc1ccccc1)C(=O)C(F)(F)C(=O)NCc1ccccc1. The molecule has 0 heterocycles. The van der Waals surface area contributed by atoms with Crippen LogP contribution in [0.1, 0.15) is 18.1 Å². The molecule has 27 heavy (non-hydrogen) atoms. The van der Waals surface area contributed by atoms with Crippen molar-refractivity contribution in [3.63, 3.8) is 0 Å². The molecule has 0 aromatic heterocycles. The van der Waals surface area contributed by atoms with Crippen LogP contribution in [0.15, 0.2) is 60.7 Å². The van der Waals surface area contributed by atoms with Gasteiger partial charge in [-0.2, -0.15) is 8.78 Å². The molecule has 7 heteroatoms. The van der Waals surface area contributed by atoms with Crippen LogP contribution < -0.4 is 10.6 Å². The molecule has 2 N–H and O–H groups in total. The molecule has 0 radical (unpaired) electrons. The summed E-state index contributed by atoms with van der Waals surface area (Å²) in [7, 11) is 0. The van der Waals surface area contributed by atoms with Gasteiger partial charge < -0.3 is 10.6 Å². The number of ketones is 1. The average Bonchev–Trinajstić information content (AvgIpc) is 2.66. The summed E-state index contributed by atoms with van der Waals surface area (Å²) in [6.45, 7) is 0.991. The summed E-state index contributed by atoms with van der Waals surface area (Å²) in [5.74, 6) is -8.24. The highest BCUT2D eigenvalue weighted by Crippen LogP contribution is 2.20. The summed E-state index contributed by atoms with van der Waals surface area (Å²) in [4.78, 5) is 35.6. The number of carbonyl (C=O) groups excluding carboxylic acids is 3. The smallest absolute Gasteiger partial charge is 0.346 e. The van der Waals surface area contributed by atoms with Crippen LogP contribution in [-0.4, -0.2) is 29.6 Å². The Balaban J connectivity index is 2.10. The molecule has 0 bridgehead atoms. The third-order valence-electron chi connectivity index (χ3n) is 3.87. The maximum atomic E-state index is 14.4. The number of alkyl halides is 2.